The van der Waals surface area contributed by atoms with Crippen LogP contribution in [0.15, 0.2) is 0 Å². The number of rotatable bonds is 3. The molecule has 4 heteroatoms. The van der Waals surface area contributed by atoms with Crippen LogP contribution in [0.4, 0.5) is 0 Å². The van der Waals surface area contributed by atoms with Gasteiger partial charge in [-0.15, -0.1) is 11.8 Å². The molecule has 2 aliphatic rings. The van der Waals surface area contributed by atoms with E-state index in [0.717, 1.165) is 32.1 Å². The summed E-state index contributed by atoms with van der Waals surface area (Å²) in [6.45, 7) is 6.48. The van der Waals surface area contributed by atoms with Crippen molar-refractivity contribution in [1.82, 2.24) is 10.2 Å². The van der Waals surface area contributed by atoms with Crippen molar-refractivity contribution in [1.29, 1.82) is 0 Å². The number of likely N-dealkylation sites (tertiary alicyclic amines) is 1. The number of nitrogens with zero attached hydrogens (tertiary/aromatic N) is 1. The number of nitrogens with one attached hydrogen (secondary N) is 1. The summed E-state index contributed by atoms with van der Waals surface area (Å²) in [5.41, 5.74) is 0. The molecule has 1 amide bonds. The Labute approximate surface area is 109 Å². The smallest absolute Gasteiger partial charge is 0.232 e. The van der Waals surface area contributed by atoms with Crippen LogP contribution in [0.5, 0.6) is 0 Å². The van der Waals surface area contributed by atoms with Gasteiger partial charge in [-0.3, -0.25) is 4.79 Å². The maximum atomic E-state index is 12.0. The second-order valence-electron chi connectivity index (χ2n) is 5.32. The van der Waals surface area contributed by atoms with Crippen LogP contribution < -0.4 is 5.32 Å². The van der Waals surface area contributed by atoms with E-state index in [1.165, 1.54) is 25.7 Å². The van der Waals surface area contributed by atoms with Gasteiger partial charge in [-0.1, -0.05) is 6.92 Å². The molecule has 0 spiro atoms. The van der Waals surface area contributed by atoms with Crippen molar-refractivity contribution in [3.8, 4) is 0 Å². The highest BCUT2D eigenvalue weighted by atomic mass is 32.2. The van der Waals surface area contributed by atoms with Crippen LogP contribution in [0.1, 0.15) is 32.6 Å². The number of carbonyl (C=O) groups is 1. The highest BCUT2D eigenvalue weighted by molar-refractivity contribution is 8.00. The molecule has 2 saturated heterocycles. The minimum Gasteiger partial charge on any atom is -0.342 e. The average Bonchev–Trinajstić information content (AvgIpc) is 2.38. The minimum absolute atomic E-state index is 0.362. The number of thioether (sulfide) groups is 1. The summed E-state index contributed by atoms with van der Waals surface area (Å²) in [7, 11) is 0. The Morgan fingerprint density at radius 2 is 1.88 bits per heavy atom. The van der Waals surface area contributed by atoms with Gasteiger partial charge in [-0.05, 0) is 44.7 Å². The average molecular weight is 256 g/mol. The first-order chi connectivity index (χ1) is 8.25. The van der Waals surface area contributed by atoms with Crippen molar-refractivity contribution in [2.24, 2.45) is 5.92 Å². The van der Waals surface area contributed by atoms with E-state index >= 15 is 0 Å². The molecule has 0 aliphatic carbocycles. The highest BCUT2D eigenvalue weighted by Crippen LogP contribution is 2.22. The lowest BCUT2D eigenvalue weighted by Crippen LogP contribution is -2.39. The van der Waals surface area contributed by atoms with E-state index in [0.29, 0.717) is 16.9 Å². The van der Waals surface area contributed by atoms with Gasteiger partial charge in [0, 0.05) is 18.3 Å². The zero-order valence-corrected chi connectivity index (χ0v) is 11.6. The Balaban J connectivity index is 1.66. The molecule has 17 heavy (non-hydrogen) atoms. The van der Waals surface area contributed by atoms with Crippen molar-refractivity contribution < 1.29 is 4.79 Å². The molecule has 0 aromatic rings. The van der Waals surface area contributed by atoms with Gasteiger partial charge in [0.15, 0.2) is 0 Å². The van der Waals surface area contributed by atoms with Gasteiger partial charge < -0.3 is 10.2 Å². The summed E-state index contributed by atoms with van der Waals surface area (Å²) in [4.78, 5) is 14.1. The third kappa shape index (κ3) is 4.18. The summed E-state index contributed by atoms with van der Waals surface area (Å²) >= 11 is 1.87. The van der Waals surface area contributed by atoms with Gasteiger partial charge >= 0.3 is 0 Å². The van der Waals surface area contributed by atoms with E-state index in [4.69, 9.17) is 0 Å². The van der Waals surface area contributed by atoms with Crippen LogP contribution in [0, 0.1) is 5.92 Å². The van der Waals surface area contributed by atoms with Crippen molar-refractivity contribution in [2.45, 2.75) is 37.9 Å². The topological polar surface area (TPSA) is 32.3 Å². The molecular formula is C13H24N2OS. The second-order valence-corrected chi connectivity index (χ2v) is 6.61. The monoisotopic (exact) mass is 256 g/mol. The lowest BCUT2D eigenvalue weighted by atomic mass is 9.99. The molecule has 3 nitrogen and oxygen atoms in total. The van der Waals surface area contributed by atoms with Gasteiger partial charge in [0.2, 0.25) is 5.91 Å². The fourth-order valence-electron chi connectivity index (χ4n) is 2.50. The van der Waals surface area contributed by atoms with Crippen molar-refractivity contribution in [3.63, 3.8) is 0 Å². The number of hydrogen-bond acceptors (Lipinski definition) is 3. The molecular weight excluding hydrogens is 232 g/mol. The van der Waals surface area contributed by atoms with E-state index in [1.54, 1.807) is 0 Å². The summed E-state index contributed by atoms with van der Waals surface area (Å²) in [6.07, 6.45) is 4.80. The third-order valence-electron chi connectivity index (χ3n) is 3.87. The molecule has 1 N–H and O–H groups in total. The molecule has 2 rings (SSSR count). The Hall–Kier alpha value is -0.220. The third-order valence-corrected chi connectivity index (χ3v) is 5.22. The van der Waals surface area contributed by atoms with Gasteiger partial charge in [0.05, 0.1) is 5.75 Å². The standard InChI is InChI=1S/C13H24N2OS/c1-11-4-8-15(9-5-11)13(16)10-17-12-2-6-14-7-3-12/h11-12,14H,2-10H2,1H3. The maximum absolute atomic E-state index is 12.0. The molecule has 0 atom stereocenters. The number of amides is 1. The van der Waals surface area contributed by atoms with Crippen molar-refractivity contribution in [2.75, 3.05) is 31.9 Å². The lowest BCUT2D eigenvalue weighted by Gasteiger charge is -2.31. The highest BCUT2D eigenvalue weighted by Gasteiger charge is 2.21. The van der Waals surface area contributed by atoms with Gasteiger partial charge in [0.1, 0.15) is 0 Å². The molecule has 2 heterocycles. The molecule has 2 aliphatic heterocycles. The zero-order chi connectivity index (χ0) is 12.1. The Bertz CT molecular complexity index is 246. The fraction of sp³-hybridized carbons (Fsp3) is 0.923. The first-order valence-corrected chi connectivity index (χ1v) is 7.90. The Morgan fingerprint density at radius 3 is 2.53 bits per heavy atom. The normalized spacial score (nSPS) is 23.9. The molecule has 0 bridgehead atoms. The first-order valence-electron chi connectivity index (χ1n) is 6.86. The first kappa shape index (κ1) is 13.2. The predicted octanol–water partition coefficient (Wildman–Crippen LogP) is 1.73. The minimum atomic E-state index is 0.362. The largest absolute Gasteiger partial charge is 0.342 e. The van der Waals surface area contributed by atoms with Crippen LogP contribution in [-0.2, 0) is 4.79 Å². The van der Waals surface area contributed by atoms with E-state index in [2.05, 4.69) is 17.1 Å². The summed E-state index contributed by atoms with van der Waals surface area (Å²) in [5, 5.41) is 4.06. The maximum Gasteiger partial charge on any atom is 0.232 e. The summed E-state index contributed by atoms with van der Waals surface area (Å²) < 4.78 is 0. The Morgan fingerprint density at radius 1 is 1.24 bits per heavy atom. The molecule has 0 aromatic heterocycles. The predicted molar refractivity (Wildman–Crippen MR) is 73.3 cm³/mol. The zero-order valence-electron chi connectivity index (χ0n) is 10.8. The summed E-state index contributed by atoms with van der Waals surface area (Å²) in [5.74, 6) is 1.86. The second kappa shape index (κ2) is 6.64. The molecule has 2 fully saturated rings. The number of piperidine rings is 2. The van der Waals surface area contributed by atoms with Crippen LogP contribution in [0.25, 0.3) is 0 Å². The lowest BCUT2D eigenvalue weighted by molar-refractivity contribution is -0.129. The molecule has 0 unspecified atom stereocenters. The SMILES string of the molecule is CC1CCN(C(=O)CSC2CCNCC2)CC1. The number of carbonyl (C=O) groups excluding carboxylic acids is 1. The summed E-state index contributed by atoms with van der Waals surface area (Å²) in [6, 6.07) is 0. The molecule has 0 radical (unpaired) electrons. The van der Waals surface area contributed by atoms with Crippen LogP contribution in [0.3, 0.4) is 0 Å². The molecule has 0 saturated carbocycles. The van der Waals surface area contributed by atoms with Crippen LogP contribution in [-0.4, -0.2) is 48.0 Å². The Kier molecular flexibility index (Phi) is 5.16. The van der Waals surface area contributed by atoms with Crippen LogP contribution in [0.2, 0.25) is 0 Å². The van der Waals surface area contributed by atoms with Crippen LogP contribution >= 0.6 is 11.8 Å². The fourth-order valence-corrected chi connectivity index (χ4v) is 3.63. The quantitative estimate of drug-likeness (QED) is 0.834. The van der Waals surface area contributed by atoms with Crippen molar-refractivity contribution >= 4 is 17.7 Å². The van der Waals surface area contributed by atoms with E-state index in [9.17, 15) is 4.79 Å². The van der Waals surface area contributed by atoms with Gasteiger partial charge in [0.25, 0.3) is 0 Å². The van der Waals surface area contributed by atoms with E-state index in [1.807, 2.05) is 11.8 Å². The van der Waals surface area contributed by atoms with E-state index < -0.39 is 0 Å². The van der Waals surface area contributed by atoms with Crippen molar-refractivity contribution in [3.05, 3.63) is 0 Å². The van der Waals surface area contributed by atoms with Gasteiger partial charge in [-0.25, -0.2) is 0 Å². The number of hydrogen-bond donors (Lipinski definition) is 1. The van der Waals surface area contributed by atoms with Gasteiger partial charge in [-0.2, -0.15) is 0 Å². The molecule has 0 aromatic carbocycles. The molecule has 98 valence electrons. The van der Waals surface area contributed by atoms with E-state index in [-0.39, 0.29) is 0 Å².